The summed E-state index contributed by atoms with van der Waals surface area (Å²) in [5.74, 6) is 1.99. The first kappa shape index (κ1) is 15.3. The van der Waals surface area contributed by atoms with Gasteiger partial charge in [0.2, 0.25) is 0 Å². The Morgan fingerprint density at radius 3 is 2.81 bits per heavy atom. The number of hydrogen-bond donors (Lipinski definition) is 1. The number of aliphatic hydroxyl groups is 1. The molecule has 1 heterocycles. The molecule has 2 aromatic rings. The molecule has 1 N–H and O–H groups in total. The fourth-order valence-corrected chi connectivity index (χ4v) is 2.00. The van der Waals surface area contributed by atoms with Crippen LogP contribution in [0.4, 0.5) is 0 Å². The average molecular weight is 291 g/mol. The predicted octanol–water partition coefficient (Wildman–Crippen LogP) is 2.33. The van der Waals surface area contributed by atoms with Gasteiger partial charge in [-0.2, -0.15) is 5.10 Å². The van der Waals surface area contributed by atoms with Gasteiger partial charge in [-0.05, 0) is 31.0 Å². The van der Waals surface area contributed by atoms with Crippen LogP contribution >= 0.6 is 0 Å². The van der Waals surface area contributed by atoms with E-state index in [2.05, 4.69) is 17.0 Å². The smallest absolute Gasteiger partial charge is 0.164 e. The Labute approximate surface area is 124 Å². The van der Waals surface area contributed by atoms with E-state index in [1.807, 2.05) is 10.7 Å². The maximum absolute atomic E-state index is 9.59. The lowest BCUT2D eigenvalue weighted by molar-refractivity contribution is 0.198. The van der Waals surface area contributed by atoms with E-state index in [1.54, 1.807) is 26.2 Å². The molecule has 0 radical (unpaired) electrons. The summed E-state index contributed by atoms with van der Waals surface area (Å²) >= 11 is 0. The molecule has 1 aromatic heterocycles. The van der Waals surface area contributed by atoms with E-state index < -0.39 is 6.10 Å². The number of aliphatic hydroxyl groups excluding tert-OH is 1. The molecule has 0 aliphatic heterocycles. The van der Waals surface area contributed by atoms with Crippen molar-refractivity contribution in [2.45, 2.75) is 39.5 Å². The van der Waals surface area contributed by atoms with Crippen molar-refractivity contribution in [2.75, 3.05) is 7.11 Å². The molecule has 0 fully saturated rings. The molecule has 0 bridgehead atoms. The van der Waals surface area contributed by atoms with Crippen molar-refractivity contribution < 1.29 is 14.6 Å². The molecular weight excluding hydrogens is 270 g/mol. The van der Waals surface area contributed by atoms with Gasteiger partial charge in [-0.3, -0.25) is 0 Å². The zero-order chi connectivity index (χ0) is 15.2. The molecular formula is C15H21N3O3. The van der Waals surface area contributed by atoms with Gasteiger partial charge < -0.3 is 14.6 Å². The van der Waals surface area contributed by atoms with Crippen molar-refractivity contribution in [1.29, 1.82) is 0 Å². The number of aromatic nitrogens is 3. The lowest BCUT2D eigenvalue weighted by Gasteiger charge is -2.13. The molecule has 21 heavy (non-hydrogen) atoms. The van der Waals surface area contributed by atoms with Crippen molar-refractivity contribution in [2.24, 2.45) is 0 Å². The standard InChI is InChI=1S/C15H21N3O3/c1-4-7-18-15(16-10-17-18)9-21-13-6-5-12(11(2)19)8-14(13)20-3/h5-6,8,10-11,19H,4,7,9H2,1-3H3/t11-/m0/s1. The van der Waals surface area contributed by atoms with Gasteiger partial charge in [-0.15, -0.1) is 0 Å². The molecule has 2 rings (SSSR count). The highest BCUT2D eigenvalue weighted by Gasteiger charge is 2.10. The fraction of sp³-hybridized carbons (Fsp3) is 0.467. The van der Waals surface area contributed by atoms with E-state index in [9.17, 15) is 5.11 Å². The number of aryl methyl sites for hydroxylation is 1. The van der Waals surface area contributed by atoms with Crippen LogP contribution in [0.2, 0.25) is 0 Å². The minimum absolute atomic E-state index is 0.324. The Bertz CT molecular complexity index is 581. The van der Waals surface area contributed by atoms with Crippen molar-refractivity contribution in [3.63, 3.8) is 0 Å². The summed E-state index contributed by atoms with van der Waals surface area (Å²) in [5, 5.41) is 13.8. The van der Waals surface area contributed by atoms with E-state index in [0.717, 1.165) is 24.4 Å². The van der Waals surface area contributed by atoms with Crippen molar-refractivity contribution in [3.8, 4) is 11.5 Å². The van der Waals surface area contributed by atoms with Gasteiger partial charge in [-0.25, -0.2) is 9.67 Å². The number of nitrogens with zero attached hydrogens (tertiary/aromatic N) is 3. The normalized spacial score (nSPS) is 12.2. The molecule has 0 unspecified atom stereocenters. The first-order valence-electron chi connectivity index (χ1n) is 7.01. The van der Waals surface area contributed by atoms with Crippen LogP contribution in [0.15, 0.2) is 24.5 Å². The summed E-state index contributed by atoms with van der Waals surface area (Å²) in [7, 11) is 1.58. The summed E-state index contributed by atoms with van der Waals surface area (Å²) in [6, 6.07) is 5.39. The van der Waals surface area contributed by atoms with Gasteiger partial charge in [0.1, 0.15) is 12.9 Å². The average Bonchev–Trinajstić information content (AvgIpc) is 2.92. The topological polar surface area (TPSA) is 69.4 Å². The molecule has 1 atom stereocenters. The van der Waals surface area contributed by atoms with Crippen molar-refractivity contribution in [1.82, 2.24) is 14.8 Å². The zero-order valence-electron chi connectivity index (χ0n) is 12.6. The number of rotatable bonds is 7. The minimum Gasteiger partial charge on any atom is -0.493 e. The molecule has 6 heteroatoms. The monoisotopic (exact) mass is 291 g/mol. The molecule has 1 aromatic carbocycles. The second kappa shape index (κ2) is 7.08. The maximum atomic E-state index is 9.59. The van der Waals surface area contributed by atoms with Crippen LogP contribution in [0.25, 0.3) is 0 Å². The molecule has 0 amide bonds. The van der Waals surface area contributed by atoms with Crippen LogP contribution in [0, 0.1) is 0 Å². The number of hydrogen-bond acceptors (Lipinski definition) is 5. The van der Waals surface area contributed by atoms with Crippen LogP contribution in [0.3, 0.4) is 0 Å². The van der Waals surface area contributed by atoms with Gasteiger partial charge in [-0.1, -0.05) is 13.0 Å². The second-order valence-electron chi connectivity index (χ2n) is 4.77. The summed E-state index contributed by atoms with van der Waals surface area (Å²) < 4.78 is 12.9. The summed E-state index contributed by atoms with van der Waals surface area (Å²) in [4.78, 5) is 4.20. The van der Waals surface area contributed by atoms with Gasteiger partial charge in [0.05, 0.1) is 13.2 Å². The van der Waals surface area contributed by atoms with Gasteiger partial charge in [0.15, 0.2) is 17.3 Å². The lowest BCUT2D eigenvalue weighted by Crippen LogP contribution is -2.09. The molecule has 6 nitrogen and oxygen atoms in total. The Balaban J connectivity index is 2.10. The Kier molecular flexibility index (Phi) is 5.16. The highest BCUT2D eigenvalue weighted by molar-refractivity contribution is 5.43. The van der Waals surface area contributed by atoms with Crippen LogP contribution < -0.4 is 9.47 Å². The summed E-state index contributed by atoms with van der Waals surface area (Å²) in [5.41, 5.74) is 0.786. The number of benzene rings is 1. The highest BCUT2D eigenvalue weighted by Crippen LogP contribution is 2.30. The third-order valence-corrected chi connectivity index (χ3v) is 3.16. The maximum Gasteiger partial charge on any atom is 0.164 e. The van der Waals surface area contributed by atoms with Crippen molar-refractivity contribution in [3.05, 3.63) is 35.9 Å². The van der Waals surface area contributed by atoms with Crippen LogP contribution in [0.5, 0.6) is 11.5 Å². The Morgan fingerprint density at radius 1 is 1.33 bits per heavy atom. The second-order valence-corrected chi connectivity index (χ2v) is 4.77. The van der Waals surface area contributed by atoms with E-state index >= 15 is 0 Å². The summed E-state index contributed by atoms with van der Waals surface area (Å²) in [6.07, 6.45) is 1.98. The van der Waals surface area contributed by atoms with E-state index in [-0.39, 0.29) is 0 Å². The molecule has 0 aliphatic carbocycles. The minimum atomic E-state index is -0.541. The molecule has 0 aliphatic rings. The van der Waals surface area contributed by atoms with Crippen LogP contribution in [-0.2, 0) is 13.2 Å². The third-order valence-electron chi connectivity index (χ3n) is 3.16. The Morgan fingerprint density at radius 2 is 2.14 bits per heavy atom. The zero-order valence-corrected chi connectivity index (χ0v) is 12.6. The van der Waals surface area contributed by atoms with Crippen LogP contribution in [-0.4, -0.2) is 27.0 Å². The van der Waals surface area contributed by atoms with Crippen molar-refractivity contribution >= 4 is 0 Å². The number of ether oxygens (including phenoxy) is 2. The quantitative estimate of drug-likeness (QED) is 0.848. The first-order valence-corrected chi connectivity index (χ1v) is 7.01. The first-order chi connectivity index (χ1) is 10.2. The molecule has 0 saturated carbocycles. The van der Waals surface area contributed by atoms with E-state index in [1.165, 1.54) is 6.33 Å². The largest absolute Gasteiger partial charge is 0.493 e. The fourth-order valence-electron chi connectivity index (χ4n) is 2.00. The van der Waals surface area contributed by atoms with E-state index in [0.29, 0.717) is 18.1 Å². The molecule has 0 saturated heterocycles. The Hall–Kier alpha value is -2.08. The highest BCUT2D eigenvalue weighted by atomic mass is 16.5. The SMILES string of the molecule is CCCn1ncnc1COc1ccc([C@H](C)O)cc1OC. The summed E-state index contributed by atoms with van der Waals surface area (Å²) in [6.45, 7) is 4.94. The number of methoxy groups -OCH3 is 1. The third kappa shape index (κ3) is 3.72. The van der Waals surface area contributed by atoms with Gasteiger partial charge in [0, 0.05) is 6.54 Å². The molecule has 114 valence electrons. The lowest BCUT2D eigenvalue weighted by atomic mass is 10.1. The van der Waals surface area contributed by atoms with Gasteiger partial charge in [0.25, 0.3) is 0 Å². The van der Waals surface area contributed by atoms with E-state index in [4.69, 9.17) is 9.47 Å². The van der Waals surface area contributed by atoms with Gasteiger partial charge >= 0.3 is 0 Å². The van der Waals surface area contributed by atoms with Crippen LogP contribution in [0.1, 0.15) is 37.8 Å². The molecule has 0 spiro atoms. The predicted molar refractivity (Wildman–Crippen MR) is 78.3 cm³/mol.